The Labute approximate surface area is 220 Å². The second-order valence-corrected chi connectivity index (χ2v) is 9.51. The van der Waals surface area contributed by atoms with Crippen LogP contribution in [0.5, 0.6) is 0 Å². The Hall–Kier alpha value is -3.73. The molecule has 4 aromatic carbocycles. The summed E-state index contributed by atoms with van der Waals surface area (Å²) in [6.45, 7) is 4.03. The molecule has 5 heteroatoms. The second-order valence-electron chi connectivity index (χ2n) is 9.51. The first-order valence-electron chi connectivity index (χ1n) is 12.7. The molecule has 0 atom stereocenters. The third-order valence-corrected chi connectivity index (χ3v) is 6.60. The first-order chi connectivity index (χ1) is 18.2. The van der Waals surface area contributed by atoms with Gasteiger partial charge in [-0.05, 0) is 65.6 Å². The van der Waals surface area contributed by atoms with Crippen molar-refractivity contribution in [2.45, 2.75) is 45.7 Å². The topological polar surface area (TPSA) is 0 Å². The van der Waals surface area contributed by atoms with Crippen molar-refractivity contribution in [2.24, 2.45) is 0 Å². The predicted octanol–water partition coefficient (Wildman–Crippen LogP) is 9.87. The Balaban J connectivity index is 1.58. The molecule has 0 aliphatic heterocycles. The summed E-state index contributed by atoms with van der Waals surface area (Å²) in [7, 11) is 0. The molecule has 0 saturated heterocycles. The Kier molecular flexibility index (Phi) is 8.45. The molecule has 0 fully saturated rings. The molecule has 0 N–H and O–H groups in total. The van der Waals surface area contributed by atoms with Crippen LogP contribution in [0, 0.1) is 18.6 Å². The largest absolute Gasteiger partial charge is 0.419 e. The maximum absolute atomic E-state index is 15.3. The second kappa shape index (κ2) is 11.8. The maximum atomic E-state index is 15.3. The van der Waals surface area contributed by atoms with Crippen molar-refractivity contribution in [3.63, 3.8) is 0 Å². The minimum absolute atomic E-state index is 0.0623. The number of hydrogen-bond acceptors (Lipinski definition) is 0. The van der Waals surface area contributed by atoms with Crippen LogP contribution < -0.4 is 0 Å². The molecular formula is C33H29F5. The van der Waals surface area contributed by atoms with Crippen LogP contribution in [0.4, 0.5) is 22.0 Å². The highest BCUT2D eigenvalue weighted by Gasteiger charge is 2.37. The third-order valence-electron chi connectivity index (χ3n) is 6.60. The van der Waals surface area contributed by atoms with E-state index in [4.69, 9.17) is 0 Å². The first-order valence-corrected chi connectivity index (χ1v) is 12.7. The van der Waals surface area contributed by atoms with E-state index in [0.29, 0.717) is 24.0 Å². The predicted molar refractivity (Wildman–Crippen MR) is 145 cm³/mol. The van der Waals surface area contributed by atoms with Crippen molar-refractivity contribution in [1.82, 2.24) is 0 Å². The molecular weight excluding hydrogens is 491 g/mol. The Morgan fingerprint density at radius 1 is 0.711 bits per heavy atom. The lowest BCUT2D eigenvalue weighted by Crippen LogP contribution is -2.11. The van der Waals surface area contributed by atoms with E-state index >= 15 is 4.39 Å². The third kappa shape index (κ3) is 6.58. The lowest BCUT2D eigenvalue weighted by atomic mass is 9.95. The number of alkyl halides is 3. The van der Waals surface area contributed by atoms with Crippen molar-refractivity contribution in [3.05, 3.63) is 129 Å². The molecule has 0 aliphatic carbocycles. The van der Waals surface area contributed by atoms with Crippen LogP contribution in [0.3, 0.4) is 0 Å². The minimum atomic E-state index is -4.92. The van der Waals surface area contributed by atoms with E-state index in [1.54, 1.807) is 12.1 Å². The van der Waals surface area contributed by atoms with E-state index in [2.05, 4.69) is 19.1 Å². The molecule has 0 nitrogen and oxygen atoms in total. The van der Waals surface area contributed by atoms with Crippen molar-refractivity contribution in [3.8, 4) is 11.1 Å². The Morgan fingerprint density at radius 2 is 1.37 bits per heavy atom. The van der Waals surface area contributed by atoms with Gasteiger partial charge in [0.05, 0.1) is 5.56 Å². The Morgan fingerprint density at radius 3 is 1.97 bits per heavy atom. The maximum Gasteiger partial charge on any atom is 0.419 e. The molecule has 0 spiro atoms. The summed E-state index contributed by atoms with van der Waals surface area (Å²) >= 11 is 0. The molecule has 38 heavy (non-hydrogen) atoms. The van der Waals surface area contributed by atoms with Crippen LogP contribution >= 0.6 is 0 Å². The van der Waals surface area contributed by atoms with Crippen LogP contribution in [-0.4, -0.2) is 0 Å². The molecule has 0 bridgehead atoms. The molecule has 0 aliphatic rings. The summed E-state index contributed by atoms with van der Waals surface area (Å²) in [5.41, 5.74) is 2.59. The highest BCUT2D eigenvalue weighted by molar-refractivity contribution is 5.75. The zero-order valence-corrected chi connectivity index (χ0v) is 21.4. The SMILES string of the molecule is CCCc1ccc(CCc2ccc(-c3ccc(/C=C/c4ccc(C)cc4)c(C(F)(F)F)c3F)cc2F)cc1. The van der Waals surface area contributed by atoms with Crippen LogP contribution in [0.15, 0.2) is 78.9 Å². The average molecular weight is 521 g/mol. The van der Waals surface area contributed by atoms with Crippen molar-refractivity contribution in [2.75, 3.05) is 0 Å². The monoisotopic (exact) mass is 520 g/mol. The zero-order chi connectivity index (χ0) is 27.3. The van der Waals surface area contributed by atoms with E-state index < -0.39 is 23.4 Å². The summed E-state index contributed by atoms with van der Waals surface area (Å²) in [6.07, 6.45) is 0.962. The number of hydrogen-bond donors (Lipinski definition) is 0. The quantitative estimate of drug-likeness (QED) is 0.160. The van der Waals surface area contributed by atoms with Crippen LogP contribution in [0.1, 0.15) is 52.3 Å². The molecule has 0 heterocycles. The van der Waals surface area contributed by atoms with Gasteiger partial charge in [-0.25, -0.2) is 8.78 Å². The van der Waals surface area contributed by atoms with Gasteiger partial charge >= 0.3 is 6.18 Å². The fourth-order valence-corrected chi connectivity index (χ4v) is 4.46. The number of aryl methyl sites for hydroxylation is 4. The number of benzene rings is 4. The van der Waals surface area contributed by atoms with E-state index in [0.717, 1.165) is 30.0 Å². The average Bonchev–Trinajstić information content (AvgIpc) is 2.88. The lowest BCUT2D eigenvalue weighted by molar-refractivity contribution is -0.140. The normalized spacial score (nSPS) is 11.9. The summed E-state index contributed by atoms with van der Waals surface area (Å²) in [4.78, 5) is 0. The molecule has 0 amide bonds. The van der Waals surface area contributed by atoms with Gasteiger partial charge in [0.15, 0.2) is 0 Å². The summed E-state index contributed by atoms with van der Waals surface area (Å²) in [5.74, 6) is -1.98. The van der Waals surface area contributed by atoms with Gasteiger partial charge in [0, 0.05) is 5.56 Å². The highest BCUT2D eigenvalue weighted by atomic mass is 19.4. The van der Waals surface area contributed by atoms with Crippen molar-refractivity contribution >= 4 is 12.2 Å². The van der Waals surface area contributed by atoms with E-state index in [9.17, 15) is 17.6 Å². The van der Waals surface area contributed by atoms with E-state index in [1.165, 1.54) is 42.0 Å². The van der Waals surface area contributed by atoms with Gasteiger partial charge in [-0.1, -0.05) is 104 Å². The molecule has 4 aromatic rings. The molecule has 0 unspecified atom stereocenters. The number of halogens is 5. The van der Waals surface area contributed by atoms with E-state index in [1.807, 2.05) is 31.2 Å². The standard InChI is InChI=1S/C33H29F5/c1-3-4-23-9-11-25(12-10-23)13-15-26-17-18-28(21-30(26)34)29-20-19-27(31(32(29)35)33(36,37)38)16-14-24-7-5-22(2)6-8-24/h5-12,14,16-21H,3-4,13,15H2,1-2H3/b16-14+. The number of rotatable bonds is 8. The zero-order valence-electron chi connectivity index (χ0n) is 21.4. The first kappa shape index (κ1) is 27.3. The summed E-state index contributed by atoms with van der Waals surface area (Å²) in [5, 5.41) is 0. The van der Waals surface area contributed by atoms with Crippen LogP contribution in [0.2, 0.25) is 0 Å². The lowest BCUT2D eigenvalue weighted by Gasteiger charge is -2.15. The Bertz CT molecular complexity index is 1410. The molecule has 0 aromatic heterocycles. The van der Waals surface area contributed by atoms with E-state index in [-0.39, 0.29) is 16.7 Å². The minimum Gasteiger partial charge on any atom is -0.207 e. The van der Waals surface area contributed by atoms with Gasteiger partial charge in [-0.3, -0.25) is 0 Å². The van der Waals surface area contributed by atoms with Gasteiger partial charge < -0.3 is 0 Å². The smallest absolute Gasteiger partial charge is 0.207 e. The van der Waals surface area contributed by atoms with Crippen LogP contribution in [-0.2, 0) is 25.4 Å². The van der Waals surface area contributed by atoms with Gasteiger partial charge in [0.25, 0.3) is 0 Å². The van der Waals surface area contributed by atoms with Gasteiger partial charge in [-0.2, -0.15) is 13.2 Å². The highest BCUT2D eigenvalue weighted by Crippen LogP contribution is 2.39. The van der Waals surface area contributed by atoms with Crippen molar-refractivity contribution in [1.29, 1.82) is 0 Å². The summed E-state index contributed by atoms with van der Waals surface area (Å²) < 4.78 is 72.0. The molecule has 0 radical (unpaired) electrons. The van der Waals surface area contributed by atoms with Gasteiger partial charge in [-0.15, -0.1) is 0 Å². The van der Waals surface area contributed by atoms with Gasteiger partial charge in [0.1, 0.15) is 11.6 Å². The molecule has 196 valence electrons. The fraction of sp³-hybridized carbons (Fsp3) is 0.212. The fourth-order valence-electron chi connectivity index (χ4n) is 4.46. The molecule has 0 saturated carbocycles. The van der Waals surface area contributed by atoms with Crippen molar-refractivity contribution < 1.29 is 22.0 Å². The summed E-state index contributed by atoms with van der Waals surface area (Å²) in [6, 6.07) is 22.0. The van der Waals surface area contributed by atoms with Gasteiger partial charge in [0.2, 0.25) is 0 Å². The molecule has 4 rings (SSSR count). The van der Waals surface area contributed by atoms with Crippen LogP contribution in [0.25, 0.3) is 23.3 Å².